The highest BCUT2D eigenvalue weighted by Gasteiger charge is 2.21. The van der Waals surface area contributed by atoms with E-state index in [-0.39, 0.29) is 0 Å². The van der Waals surface area contributed by atoms with E-state index in [1.54, 1.807) is 7.11 Å². The van der Waals surface area contributed by atoms with Crippen molar-refractivity contribution in [3.8, 4) is 11.8 Å². The number of rotatable bonds is 4. The Morgan fingerprint density at radius 1 is 1.53 bits per heavy atom. The minimum absolute atomic E-state index is 0.482. The number of methoxy groups -OCH3 is 1. The molecule has 0 spiro atoms. The molecule has 4 heteroatoms. The molecule has 19 heavy (non-hydrogen) atoms. The summed E-state index contributed by atoms with van der Waals surface area (Å²) >= 11 is 0. The lowest BCUT2D eigenvalue weighted by Gasteiger charge is -2.35. The monoisotopic (exact) mass is 260 g/mol. The lowest BCUT2D eigenvalue weighted by molar-refractivity contribution is -0.0127. The van der Waals surface area contributed by atoms with Crippen LogP contribution in [0, 0.1) is 11.3 Å². The lowest BCUT2D eigenvalue weighted by Crippen LogP contribution is -2.44. The van der Waals surface area contributed by atoms with Crippen LogP contribution in [0.4, 0.5) is 0 Å². The Morgan fingerprint density at radius 2 is 2.37 bits per heavy atom. The van der Waals surface area contributed by atoms with Gasteiger partial charge in [0.1, 0.15) is 11.8 Å². The van der Waals surface area contributed by atoms with Gasteiger partial charge in [-0.3, -0.25) is 4.90 Å². The third kappa shape index (κ3) is 3.25. The van der Waals surface area contributed by atoms with Crippen molar-refractivity contribution in [1.29, 1.82) is 5.26 Å². The van der Waals surface area contributed by atoms with Crippen molar-refractivity contribution >= 4 is 0 Å². The Morgan fingerprint density at radius 3 is 3.05 bits per heavy atom. The third-order valence-electron chi connectivity index (χ3n) is 3.59. The first kappa shape index (κ1) is 13.9. The molecule has 1 aromatic rings. The molecular weight excluding hydrogens is 240 g/mol. The topological polar surface area (TPSA) is 45.5 Å². The molecule has 0 aliphatic carbocycles. The van der Waals surface area contributed by atoms with Crippen molar-refractivity contribution in [2.45, 2.75) is 25.9 Å². The zero-order chi connectivity index (χ0) is 13.7. The number of hydrogen-bond acceptors (Lipinski definition) is 4. The number of benzene rings is 1. The van der Waals surface area contributed by atoms with E-state index in [1.165, 1.54) is 5.56 Å². The summed E-state index contributed by atoms with van der Waals surface area (Å²) in [4.78, 5) is 2.43. The Hall–Kier alpha value is -1.57. The zero-order valence-electron chi connectivity index (χ0n) is 11.6. The molecule has 1 saturated heterocycles. The largest absolute Gasteiger partial charge is 0.495 e. The fraction of sp³-hybridized carbons (Fsp3) is 0.533. The van der Waals surface area contributed by atoms with Crippen LogP contribution < -0.4 is 4.74 Å². The zero-order valence-corrected chi connectivity index (χ0v) is 11.6. The smallest absolute Gasteiger partial charge is 0.136 e. The van der Waals surface area contributed by atoms with Crippen LogP contribution in [-0.4, -0.2) is 37.8 Å². The van der Waals surface area contributed by atoms with Crippen LogP contribution in [0.15, 0.2) is 18.2 Å². The fourth-order valence-electron chi connectivity index (χ4n) is 2.43. The van der Waals surface area contributed by atoms with Gasteiger partial charge in [-0.1, -0.05) is 13.0 Å². The molecule has 1 unspecified atom stereocenters. The standard InChI is InChI=1S/C15H20N2O2/c1-3-14-11-19-7-6-17(14)10-12-4-5-13(9-16)15(8-12)18-2/h4-5,8,14H,3,6-7,10-11H2,1-2H3. The van der Waals surface area contributed by atoms with Gasteiger partial charge in [-0.15, -0.1) is 0 Å². The van der Waals surface area contributed by atoms with Crippen LogP contribution >= 0.6 is 0 Å². The molecule has 1 aliphatic heterocycles. The van der Waals surface area contributed by atoms with E-state index in [1.807, 2.05) is 18.2 Å². The molecule has 1 aromatic carbocycles. The molecule has 0 bridgehead atoms. The molecule has 1 fully saturated rings. The lowest BCUT2D eigenvalue weighted by atomic mass is 10.1. The van der Waals surface area contributed by atoms with Crippen LogP contribution in [-0.2, 0) is 11.3 Å². The average Bonchev–Trinajstić information content (AvgIpc) is 2.47. The van der Waals surface area contributed by atoms with Gasteiger partial charge < -0.3 is 9.47 Å². The molecule has 1 heterocycles. The molecule has 0 amide bonds. The first-order valence-electron chi connectivity index (χ1n) is 6.67. The summed E-state index contributed by atoms with van der Waals surface area (Å²) in [5.74, 6) is 0.654. The Bertz CT molecular complexity index is 468. The van der Waals surface area contributed by atoms with Gasteiger partial charge in [0.15, 0.2) is 0 Å². The van der Waals surface area contributed by atoms with E-state index in [2.05, 4.69) is 17.9 Å². The van der Waals surface area contributed by atoms with E-state index in [0.717, 1.165) is 32.7 Å². The predicted molar refractivity (Wildman–Crippen MR) is 73.0 cm³/mol. The molecule has 2 rings (SSSR count). The van der Waals surface area contributed by atoms with Crippen LogP contribution in [0.25, 0.3) is 0 Å². The Labute approximate surface area is 114 Å². The van der Waals surface area contributed by atoms with E-state index in [9.17, 15) is 0 Å². The van der Waals surface area contributed by atoms with Gasteiger partial charge in [-0.2, -0.15) is 5.26 Å². The average molecular weight is 260 g/mol. The van der Waals surface area contributed by atoms with E-state index >= 15 is 0 Å². The number of nitrogens with zero attached hydrogens (tertiary/aromatic N) is 2. The number of hydrogen-bond donors (Lipinski definition) is 0. The maximum Gasteiger partial charge on any atom is 0.136 e. The fourth-order valence-corrected chi connectivity index (χ4v) is 2.43. The highest BCUT2D eigenvalue weighted by molar-refractivity contribution is 5.45. The summed E-state index contributed by atoms with van der Waals surface area (Å²) in [5.41, 5.74) is 1.76. The molecule has 0 radical (unpaired) electrons. The van der Waals surface area contributed by atoms with Crippen molar-refractivity contribution in [2.75, 3.05) is 26.9 Å². The van der Waals surface area contributed by atoms with E-state index in [0.29, 0.717) is 17.4 Å². The van der Waals surface area contributed by atoms with Crippen LogP contribution in [0.3, 0.4) is 0 Å². The second kappa shape index (κ2) is 6.55. The Kier molecular flexibility index (Phi) is 4.78. The summed E-state index contributed by atoms with van der Waals surface area (Å²) in [6, 6.07) is 8.41. The number of morpholine rings is 1. The maximum atomic E-state index is 8.99. The molecule has 0 saturated carbocycles. The van der Waals surface area contributed by atoms with Crippen molar-refractivity contribution in [3.63, 3.8) is 0 Å². The van der Waals surface area contributed by atoms with Crippen molar-refractivity contribution in [3.05, 3.63) is 29.3 Å². The molecule has 0 N–H and O–H groups in total. The van der Waals surface area contributed by atoms with Gasteiger partial charge in [-0.25, -0.2) is 0 Å². The second-order valence-corrected chi connectivity index (χ2v) is 4.75. The second-order valence-electron chi connectivity index (χ2n) is 4.75. The van der Waals surface area contributed by atoms with E-state index < -0.39 is 0 Å². The molecular formula is C15H20N2O2. The molecule has 1 aliphatic rings. The highest BCUT2D eigenvalue weighted by Crippen LogP contribution is 2.22. The summed E-state index contributed by atoms with van der Waals surface area (Å²) < 4.78 is 10.8. The van der Waals surface area contributed by atoms with Crippen molar-refractivity contribution in [1.82, 2.24) is 4.90 Å². The van der Waals surface area contributed by atoms with Crippen LogP contribution in [0.1, 0.15) is 24.5 Å². The summed E-state index contributed by atoms with van der Waals surface area (Å²) in [6.45, 7) is 5.63. The number of nitriles is 1. The van der Waals surface area contributed by atoms with Crippen molar-refractivity contribution in [2.24, 2.45) is 0 Å². The molecule has 102 valence electrons. The molecule has 0 aromatic heterocycles. The van der Waals surface area contributed by atoms with Gasteiger partial charge in [0.25, 0.3) is 0 Å². The maximum absolute atomic E-state index is 8.99. The van der Waals surface area contributed by atoms with Gasteiger partial charge >= 0.3 is 0 Å². The quantitative estimate of drug-likeness (QED) is 0.832. The van der Waals surface area contributed by atoms with Gasteiger partial charge in [0, 0.05) is 19.1 Å². The van der Waals surface area contributed by atoms with Gasteiger partial charge in [-0.05, 0) is 24.1 Å². The summed E-state index contributed by atoms with van der Waals surface area (Å²) in [6.07, 6.45) is 1.09. The third-order valence-corrected chi connectivity index (χ3v) is 3.59. The normalized spacial score (nSPS) is 19.9. The first-order chi connectivity index (χ1) is 9.28. The molecule has 4 nitrogen and oxygen atoms in total. The van der Waals surface area contributed by atoms with E-state index in [4.69, 9.17) is 14.7 Å². The SMILES string of the molecule is CCC1COCCN1Cc1ccc(C#N)c(OC)c1. The van der Waals surface area contributed by atoms with Crippen LogP contribution in [0.5, 0.6) is 5.75 Å². The van der Waals surface area contributed by atoms with Crippen LogP contribution in [0.2, 0.25) is 0 Å². The predicted octanol–water partition coefficient (Wildman–Crippen LogP) is 2.18. The minimum atomic E-state index is 0.482. The first-order valence-corrected chi connectivity index (χ1v) is 6.67. The number of ether oxygens (including phenoxy) is 2. The summed E-state index contributed by atoms with van der Waals surface area (Å²) in [5, 5.41) is 8.99. The molecule has 1 atom stereocenters. The van der Waals surface area contributed by atoms with Gasteiger partial charge in [0.2, 0.25) is 0 Å². The highest BCUT2D eigenvalue weighted by atomic mass is 16.5. The summed E-state index contributed by atoms with van der Waals surface area (Å²) in [7, 11) is 1.60. The minimum Gasteiger partial charge on any atom is -0.495 e. The van der Waals surface area contributed by atoms with Gasteiger partial charge in [0.05, 0.1) is 25.9 Å². The Balaban J connectivity index is 2.12. The van der Waals surface area contributed by atoms with Crippen molar-refractivity contribution < 1.29 is 9.47 Å².